The van der Waals surface area contributed by atoms with Crippen LogP contribution in [0.2, 0.25) is 0 Å². The molecule has 0 aliphatic carbocycles. The molecule has 0 unspecified atom stereocenters. The Hall–Kier alpha value is -2.28. The van der Waals surface area contributed by atoms with Crippen LogP contribution >= 0.6 is 0 Å². The Morgan fingerprint density at radius 1 is 1.08 bits per heavy atom. The molecular formula is C18H21F3N4. The average Bonchev–Trinajstić information content (AvgIpc) is 2.62. The van der Waals surface area contributed by atoms with Crippen molar-refractivity contribution in [3.63, 3.8) is 0 Å². The van der Waals surface area contributed by atoms with Crippen LogP contribution in [0.15, 0.2) is 42.5 Å². The van der Waals surface area contributed by atoms with E-state index >= 15 is 0 Å². The van der Waals surface area contributed by atoms with Gasteiger partial charge >= 0.3 is 6.18 Å². The summed E-state index contributed by atoms with van der Waals surface area (Å²) in [5, 5.41) is 3.47. The molecule has 25 heavy (non-hydrogen) atoms. The third-order valence-corrected chi connectivity index (χ3v) is 4.41. The number of piperidine rings is 1. The zero-order valence-electron chi connectivity index (χ0n) is 13.8. The summed E-state index contributed by atoms with van der Waals surface area (Å²) >= 11 is 0. The molecule has 1 aliphatic rings. The summed E-state index contributed by atoms with van der Waals surface area (Å²) in [6.45, 7) is 1.46. The molecule has 1 aliphatic heterocycles. The van der Waals surface area contributed by atoms with Crippen molar-refractivity contribution in [2.45, 2.75) is 31.6 Å². The van der Waals surface area contributed by atoms with E-state index in [1.807, 2.05) is 35.2 Å². The van der Waals surface area contributed by atoms with Gasteiger partial charge in [0.25, 0.3) is 0 Å². The molecule has 7 heteroatoms. The van der Waals surface area contributed by atoms with Crippen molar-refractivity contribution in [2.24, 2.45) is 5.73 Å². The van der Waals surface area contributed by atoms with Gasteiger partial charge in [-0.15, -0.1) is 0 Å². The van der Waals surface area contributed by atoms with E-state index < -0.39 is 11.9 Å². The largest absolute Gasteiger partial charge is 0.433 e. The number of hydrogen-bond acceptors (Lipinski definition) is 4. The molecule has 1 aromatic carbocycles. The van der Waals surface area contributed by atoms with Gasteiger partial charge in [-0.1, -0.05) is 24.3 Å². The highest BCUT2D eigenvalue weighted by molar-refractivity contribution is 5.49. The van der Waals surface area contributed by atoms with Crippen molar-refractivity contribution in [2.75, 3.05) is 23.3 Å². The monoisotopic (exact) mass is 350 g/mol. The smallest absolute Gasteiger partial charge is 0.382 e. The van der Waals surface area contributed by atoms with Crippen molar-refractivity contribution in [1.82, 2.24) is 4.98 Å². The van der Waals surface area contributed by atoms with E-state index in [1.165, 1.54) is 6.07 Å². The van der Waals surface area contributed by atoms with Crippen molar-refractivity contribution < 1.29 is 13.2 Å². The molecule has 0 spiro atoms. The number of alkyl halides is 3. The molecule has 0 saturated carbocycles. The fraction of sp³-hybridized carbons (Fsp3) is 0.389. The number of nitrogens with two attached hydrogens (primary N) is 1. The second kappa shape index (κ2) is 7.31. The van der Waals surface area contributed by atoms with E-state index in [0.717, 1.165) is 24.6 Å². The van der Waals surface area contributed by atoms with Gasteiger partial charge in [-0.25, -0.2) is 4.98 Å². The van der Waals surface area contributed by atoms with Crippen molar-refractivity contribution in [1.29, 1.82) is 0 Å². The first-order valence-corrected chi connectivity index (χ1v) is 8.31. The highest BCUT2D eigenvalue weighted by Crippen LogP contribution is 2.31. The molecule has 0 amide bonds. The van der Waals surface area contributed by atoms with Gasteiger partial charge < -0.3 is 16.0 Å². The van der Waals surface area contributed by atoms with Gasteiger partial charge in [-0.2, -0.15) is 13.2 Å². The lowest BCUT2D eigenvalue weighted by molar-refractivity contribution is -0.141. The summed E-state index contributed by atoms with van der Waals surface area (Å²) in [5.41, 5.74) is 6.51. The number of benzene rings is 1. The lowest BCUT2D eigenvalue weighted by Crippen LogP contribution is -2.40. The van der Waals surface area contributed by atoms with Crippen LogP contribution in [0.4, 0.5) is 24.7 Å². The Morgan fingerprint density at radius 3 is 2.36 bits per heavy atom. The standard InChI is InChI=1S/C18H21F3N4/c19-18(20,21)16-7-6-13(12-22)17(24-16)25-10-8-15(9-11-25)23-14-4-2-1-3-5-14/h1-7,15,23H,8-12,22H2. The van der Waals surface area contributed by atoms with Gasteiger partial charge in [-0.3, -0.25) is 0 Å². The highest BCUT2D eigenvalue weighted by Gasteiger charge is 2.34. The molecule has 1 aromatic heterocycles. The highest BCUT2D eigenvalue weighted by atomic mass is 19.4. The minimum atomic E-state index is -4.45. The number of anilines is 2. The quantitative estimate of drug-likeness (QED) is 0.884. The minimum Gasteiger partial charge on any atom is -0.382 e. The SMILES string of the molecule is NCc1ccc(C(F)(F)F)nc1N1CCC(Nc2ccccc2)CC1. The predicted molar refractivity (Wildman–Crippen MR) is 92.4 cm³/mol. The summed E-state index contributed by atoms with van der Waals surface area (Å²) in [4.78, 5) is 5.75. The number of para-hydroxylation sites is 1. The van der Waals surface area contributed by atoms with Gasteiger partial charge in [0.05, 0.1) is 0 Å². The summed E-state index contributed by atoms with van der Waals surface area (Å²) in [5.74, 6) is 0.357. The normalized spacial score (nSPS) is 16.1. The molecule has 2 aromatic rings. The van der Waals surface area contributed by atoms with Crippen molar-refractivity contribution >= 4 is 11.5 Å². The Morgan fingerprint density at radius 2 is 1.76 bits per heavy atom. The van der Waals surface area contributed by atoms with Crippen LogP contribution in [0, 0.1) is 0 Å². The number of aromatic nitrogens is 1. The van der Waals surface area contributed by atoms with E-state index in [0.29, 0.717) is 30.5 Å². The molecule has 0 bridgehead atoms. The number of rotatable bonds is 4. The fourth-order valence-corrected chi connectivity index (χ4v) is 3.07. The topological polar surface area (TPSA) is 54.2 Å². The zero-order chi connectivity index (χ0) is 17.9. The van der Waals surface area contributed by atoms with Gasteiger partial charge in [0, 0.05) is 36.9 Å². The second-order valence-electron chi connectivity index (χ2n) is 6.15. The number of hydrogen-bond donors (Lipinski definition) is 2. The first-order valence-electron chi connectivity index (χ1n) is 8.31. The van der Waals surface area contributed by atoms with E-state index in [-0.39, 0.29) is 6.54 Å². The molecule has 2 heterocycles. The Kier molecular flexibility index (Phi) is 5.13. The zero-order valence-corrected chi connectivity index (χ0v) is 13.8. The van der Waals surface area contributed by atoms with Gasteiger partial charge in [0.1, 0.15) is 11.5 Å². The van der Waals surface area contributed by atoms with Crippen LogP contribution in [-0.4, -0.2) is 24.1 Å². The first-order chi connectivity index (χ1) is 12.0. The maximum Gasteiger partial charge on any atom is 0.433 e. The number of pyridine rings is 1. The average molecular weight is 350 g/mol. The molecule has 1 fully saturated rings. The molecule has 3 rings (SSSR count). The van der Waals surface area contributed by atoms with Crippen LogP contribution in [0.25, 0.3) is 0 Å². The van der Waals surface area contributed by atoms with Crippen LogP contribution in [0.5, 0.6) is 0 Å². The van der Waals surface area contributed by atoms with E-state index in [4.69, 9.17) is 5.73 Å². The number of halogens is 3. The summed E-state index contributed by atoms with van der Waals surface area (Å²) < 4.78 is 38.9. The lowest BCUT2D eigenvalue weighted by Gasteiger charge is -2.34. The third kappa shape index (κ3) is 4.22. The van der Waals surface area contributed by atoms with E-state index in [2.05, 4.69) is 10.3 Å². The molecule has 1 saturated heterocycles. The van der Waals surface area contributed by atoms with Crippen molar-refractivity contribution in [3.05, 3.63) is 53.7 Å². The second-order valence-corrected chi connectivity index (χ2v) is 6.15. The van der Waals surface area contributed by atoms with E-state index in [9.17, 15) is 13.2 Å². The first kappa shape index (κ1) is 17.5. The summed E-state index contributed by atoms with van der Waals surface area (Å²) in [7, 11) is 0. The molecule has 0 atom stereocenters. The number of nitrogens with one attached hydrogen (secondary N) is 1. The van der Waals surface area contributed by atoms with Gasteiger partial charge in [0.15, 0.2) is 0 Å². The molecule has 4 nitrogen and oxygen atoms in total. The third-order valence-electron chi connectivity index (χ3n) is 4.41. The Balaban J connectivity index is 1.70. The minimum absolute atomic E-state index is 0.169. The van der Waals surface area contributed by atoms with Gasteiger partial charge in [0.2, 0.25) is 0 Å². The predicted octanol–water partition coefficient (Wildman–Crippen LogP) is 3.64. The Bertz CT molecular complexity index is 695. The van der Waals surface area contributed by atoms with Crippen molar-refractivity contribution in [3.8, 4) is 0 Å². The maximum atomic E-state index is 13.0. The lowest BCUT2D eigenvalue weighted by atomic mass is 10.0. The molecule has 3 N–H and O–H groups in total. The summed E-state index contributed by atoms with van der Waals surface area (Å²) in [6, 6.07) is 12.6. The fourth-order valence-electron chi connectivity index (χ4n) is 3.07. The number of nitrogens with zero attached hydrogens (tertiary/aromatic N) is 2. The molecular weight excluding hydrogens is 329 g/mol. The maximum absolute atomic E-state index is 13.0. The van der Waals surface area contributed by atoms with Crippen LogP contribution in [0.1, 0.15) is 24.1 Å². The van der Waals surface area contributed by atoms with Crippen LogP contribution in [-0.2, 0) is 12.7 Å². The molecule has 0 radical (unpaired) electrons. The van der Waals surface area contributed by atoms with Crippen LogP contribution in [0.3, 0.4) is 0 Å². The van der Waals surface area contributed by atoms with E-state index in [1.54, 1.807) is 0 Å². The van der Waals surface area contributed by atoms with Crippen LogP contribution < -0.4 is 16.0 Å². The van der Waals surface area contributed by atoms with Gasteiger partial charge in [-0.05, 0) is 31.0 Å². The Labute approximate surface area is 144 Å². The summed E-state index contributed by atoms with van der Waals surface area (Å²) in [6.07, 6.45) is -2.79. The molecule has 134 valence electrons.